The molecule has 31 heavy (non-hydrogen) atoms. The van der Waals surface area contributed by atoms with E-state index in [1.807, 2.05) is 14.0 Å². The molecule has 1 aromatic heterocycles. The van der Waals surface area contributed by atoms with Crippen LogP contribution in [0.25, 0.3) is 0 Å². The number of nitrogens with zero attached hydrogens (tertiary/aromatic N) is 4. The molecular formula is C23H33N5O3. The Kier molecular flexibility index (Phi) is 6.48. The summed E-state index contributed by atoms with van der Waals surface area (Å²) in [7, 11) is 5.25. The monoisotopic (exact) mass is 427 g/mol. The van der Waals surface area contributed by atoms with Crippen molar-refractivity contribution in [2.45, 2.75) is 38.8 Å². The second kappa shape index (κ2) is 9.28. The number of aryl methyl sites for hydroxylation is 1. The lowest BCUT2D eigenvalue weighted by molar-refractivity contribution is -0.117. The van der Waals surface area contributed by atoms with E-state index in [0.717, 1.165) is 68.3 Å². The predicted octanol–water partition coefficient (Wildman–Crippen LogP) is 2.21. The number of amides is 1. The molecule has 1 fully saturated rings. The van der Waals surface area contributed by atoms with E-state index in [1.165, 1.54) is 11.1 Å². The van der Waals surface area contributed by atoms with Gasteiger partial charge in [-0.15, -0.1) is 0 Å². The number of rotatable bonds is 6. The van der Waals surface area contributed by atoms with Gasteiger partial charge in [0.2, 0.25) is 5.91 Å². The normalized spacial score (nSPS) is 17.9. The molecule has 4 rings (SSSR count). The minimum Gasteiger partial charge on any atom is -0.493 e. The zero-order valence-corrected chi connectivity index (χ0v) is 19.0. The van der Waals surface area contributed by atoms with Crippen molar-refractivity contribution in [1.82, 2.24) is 19.6 Å². The molecule has 0 aliphatic carbocycles. The Balaban J connectivity index is 1.29. The highest BCUT2D eigenvalue weighted by Gasteiger charge is 2.29. The van der Waals surface area contributed by atoms with Crippen LogP contribution in [0.2, 0.25) is 0 Å². The van der Waals surface area contributed by atoms with Gasteiger partial charge in [0.1, 0.15) is 0 Å². The topological polar surface area (TPSA) is 71.9 Å². The van der Waals surface area contributed by atoms with Crippen LogP contribution in [0.5, 0.6) is 11.5 Å². The molecule has 2 aliphatic heterocycles. The standard InChI is InChI=1S/C23H33N5O3/c1-16-20(13-24-26(16)2)25-23(29)15-27-8-6-19(7-9-27)28-10-5-17-11-21(30-3)22(31-4)12-18(17)14-28/h11-13,19H,5-10,14-15H2,1-4H3,(H,25,29). The largest absolute Gasteiger partial charge is 0.493 e. The lowest BCUT2D eigenvalue weighted by atomic mass is 9.95. The van der Waals surface area contributed by atoms with Crippen LogP contribution in [0.3, 0.4) is 0 Å². The maximum absolute atomic E-state index is 12.5. The summed E-state index contributed by atoms with van der Waals surface area (Å²) in [6.45, 7) is 6.28. The van der Waals surface area contributed by atoms with Gasteiger partial charge in [0.25, 0.3) is 0 Å². The predicted molar refractivity (Wildman–Crippen MR) is 120 cm³/mol. The van der Waals surface area contributed by atoms with Crippen LogP contribution < -0.4 is 14.8 Å². The maximum Gasteiger partial charge on any atom is 0.238 e. The van der Waals surface area contributed by atoms with Crippen molar-refractivity contribution in [3.63, 3.8) is 0 Å². The number of ether oxygens (including phenoxy) is 2. The summed E-state index contributed by atoms with van der Waals surface area (Å²) in [4.78, 5) is 17.3. The number of likely N-dealkylation sites (tertiary alicyclic amines) is 1. The Hall–Kier alpha value is -2.58. The van der Waals surface area contributed by atoms with Crippen LogP contribution in [0.15, 0.2) is 18.3 Å². The summed E-state index contributed by atoms with van der Waals surface area (Å²) in [5.41, 5.74) is 4.44. The summed E-state index contributed by atoms with van der Waals surface area (Å²) < 4.78 is 12.7. The van der Waals surface area contributed by atoms with E-state index in [1.54, 1.807) is 25.1 Å². The summed E-state index contributed by atoms with van der Waals surface area (Å²) in [6.07, 6.45) is 4.91. The number of fused-ring (bicyclic) bond motifs is 1. The number of hydrogen-bond donors (Lipinski definition) is 1. The number of piperidine rings is 1. The molecule has 1 aromatic carbocycles. The SMILES string of the molecule is COc1cc2c(cc1OC)CN(C1CCN(CC(=O)Nc3cnn(C)c3C)CC1)CC2. The highest BCUT2D eigenvalue weighted by atomic mass is 16.5. The Morgan fingerprint density at radius 3 is 2.42 bits per heavy atom. The fourth-order valence-corrected chi connectivity index (χ4v) is 4.67. The zero-order chi connectivity index (χ0) is 22.0. The number of carbonyl (C=O) groups is 1. The second-order valence-electron chi connectivity index (χ2n) is 8.52. The minimum absolute atomic E-state index is 0.0301. The number of hydrogen-bond acceptors (Lipinski definition) is 6. The third-order valence-electron chi connectivity index (χ3n) is 6.70. The van der Waals surface area contributed by atoms with Gasteiger partial charge in [0.05, 0.1) is 38.3 Å². The van der Waals surface area contributed by atoms with E-state index in [0.29, 0.717) is 12.6 Å². The third kappa shape index (κ3) is 4.70. The van der Waals surface area contributed by atoms with Crippen LogP contribution in [-0.4, -0.2) is 71.9 Å². The molecule has 2 aliphatic rings. The highest BCUT2D eigenvalue weighted by molar-refractivity contribution is 5.92. The van der Waals surface area contributed by atoms with Crippen molar-refractivity contribution >= 4 is 11.6 Å². The molecule has 0 radical (unpaired) electrons. The quantitative estimate of drug-likeness (QED) is 0.762. The number of benzene rings is 1. The summed E-state index contributed by atoms with van der Waals surface area (Å²) in [5.74, 6) is 1.64. The van der Waals surface area contributed by atoms with Gasteiger partial charge in [-0.3, -0.25) is 19.3 Å². The van der Waals surface area contributed by atoms with Crippen LogP contribution in [0, 0.1) is 6.92 Å². The Morgan fingerprint density at radius 1 is 1.13 bits per heavy atom. The molecular weight excluding hydrogens is 394 g/mol. The fraction of sp³-hybridized carbons (Fsp3) is 0.565. The molecule has 1 saturated heterocycles. The van der Waals surface area contributed by atoms with E-state index in [9.17, 15) is 4.79 Å². The molecule has 1 amide bonds. The molecule has 3 heterocycles. The molecule has 8 nitrogen and oxygen atoms in total. The van der Waals surface area contributed by atoms with Crippen molar-refractivity contribution in [3.8, 4) is 11.5 Å². The van der Waals surface area contributed by atoms with Gasteiger partial charge in [0.15, 0.2) is 11.5 Å². The van der Waals surface area contributed by atoms with E-state index in [-0.39, 0.29) is 5.91 Å². The number of methoxy groups -OCH3 is 2. The van der Waals surface area contributed by atoms with Crippen molar-refractivity contribution in [3.05, 3.63) is 35.2 Å². The first-order valence-electron chi connectivity index (χ1n) is 11.0. The third-order valence-corrected chi connectivity index (χ3v) is 6.70. The summed E-state index contributed by atoms with van der Waals surface area (Å²) >= 11 is 0. The van der Waals surface area contributed by atoms with Crippen LogP contribution >= 0.6 is 0 Å². The molecule has 0 spiro atoms. The van der Waals surface area contributed by atoms with E-state index < -0.39 is 0 Å². The molecule has 0 atom stereocenters. The van der Waals surface area contributed by atoms with Gasteiger partial charge >= 0.3 is 0 Å². The fourth-order valence-electron chi connectivity index (χ4n) is 4.67. The first-order chi connectivity index (χ1) is 15.0. The number of anilines is 1. The zero-order valence-electron chi connectivity index (χ0n) is 19.0. The molecule has 0 unspecified atom stereocenters. The lowest BCUT2D eigenvalue weighted by Gasteiger charge is -2.40. The molecule has 168 valence electrons. The van der Waals surface area contributed by atoms with Crippen molar-refractivity contribution < 1.29 is 14.3 Å². The molecule has 8 heteroatoms. The van der Waals surface area contributed by atoms with Gasteiger partial charge in [-0.1, -0.05) is 0 Å². The van der Waals surface area contributed by atoms with Gasteiger partial charge in [-0.05, 0) is 49.4 Å². The maximum atomic E-state index is 12.5. The van der Waals surface area contributed by atoms with Crippen molar-refractivity contribution in [2.75, 3.05) is 45.7 Å². The molecule has 0 bridgehead atoms. The number of nitrogens with one attached hydrogen (secondary N) is 1. The average molecular weight is 428 g/mol. The highest BCUT2D eigenvalue weighted by Crippen LogP contribution is 2.34. The van der Waals surface area contributed by atoms with E-state index in [2.05, 4.69) is 32.3 Å². The van der Waals surface area contributed by atoms with E-state index in [4.69, 9.17) is 9.47 Å². The van der Waals surface area contributed by atoms with Crippen LogP contribution in [-0.2, 0) is 24.8 Å². The number of aromatic nitrogens is 2. The van der Waals surface area contributed by atoms with Gasteiger partial charge in [0, 0.05) is 39.3 Å². The Morgan fingerprint density at radius 2 is 1.81 bits per heavy atom. The number of carbonyl (C=O) groups excluding carboxylic acids is 1. The first kappa shape index (κ1) is 21.6. The van der Waals surface area contributed by atoms with Crippen LogP contribution in [0.1, 0.15) is 29.7 Å². The van der Waals surface area contributed by atoms with Gasteiger partial charge in [-0.2, -0.15) is 5.10 Å². The Labute approximate surface area is 184 Å². The van der Waals surface area contributed by atoms with E-state index >= 15 is 0 Å². The smallest absolute Gasteiger partial charge is 0.238 e. The minimum atomic E-state index is 0.0301. The van der Waals surface area contributed by atoms with Crippen LogP contribution in [0.4, 0.5) is 5.69 Å². The van der Waals surface area contributed by atoms with Crippen molar-refractivity contribution in [1.29, 1.82) is 0 Å². The lowest BCUT2D eigenvalue weighted by Crippen LogP contribution is -2.48. The first-order valence-corrected chi connectivity index (χ1v) is 11.0. The molecule has 1 N–H and O–H groups in total. The average Bonchev–Trinajstić information content (AvgIpc) is 3.10. The summed E-state index contributed by atoms with van der Waals surface area (Å²) in [6, 6.07) is 4.80. The Bertz CT molecular complexity index is 934. The van der Waals surface area contributed by atoms with Gasteiger partial charge < -0.3 is 14.8 Å². The second-order valence-corrected chi connectivity index (χ2v) is 8.52. The summed E-state index contributed by atoms with van der Waals surface area (Å²) in [5, 5.41) is 7.17. The molecule has 2 aromatic rings. The van der Waals surface area contributed by atoms with Crippen molar-refractivity contribution in [2.24, 2.45) is 7.05 Å². The van der Waals surface area contributed by atoms with Gasteiger partial charge in [-0.25, -0.2) is 0 Å². The molecule has 0 saturated carbocycles.